The van der Waals surface area contributed by atoms with Crippen LogP contribution < -0.4 is 0 Å². The van der Waals surface area contributed by atoms with Crippen molar-refractivity contribution < 1.29 is 8.42 Å². The van der Waals surface area contributed by atoms with Crippen LogP contribution in [-0.2, 0) is 10.0 Å². The Morgan fingerprint density at radius 2 is 1.75 bits per heavy atom. The van der Waals surface area contributed by atoms with Crippen molar-refractivity contribution in [3.63, 3.8) is 0 Å². The molecule has 0 amide bonds. The summed E-state index contributed by atoms with van der Waals surface area (Å²) in [5.41, 5.74) is 0. The maximum atomic E-state index is 11.3. The number of likely N-dealkylation sites (N-methyl/N-ethyl adjacent to an activating group) is 1. The van der Waals surface area contributed by atoms with E-state index in [0.717, 1.165) is 13.1 Å². The van der Waals surface area contributed by atoms with Crippen LogP contribution in [-0.4, -0.2) is 55.9 Å². The summed E-state index contributed by atoms with van der Waals surface area (Å²) in [7, 11) is -1.08. The molecule has 0 unspecified atom stereocenters. The topological polar surface area (TPSA) is 40.6 Å². The second kappa shape index (κ2) is 3.95. The molecule has 0 aromatic carbocycles. The van der Waals surface area contributed by atoms with Crippen molar-refractivity contribution in [1.29, 1.82) is 0 Å². The molecule has 1 heterocycles. The lowest BCUT2D eigenvalue weighted by Crippen LogP contribution is -2.47. The van der Waals surface area contributed by atoms with Crippen molar-refractivity contribution in [2.24, 2.45) is 0 Å². The first-order valence-corrected chi connectivity index (χ1v) is 6.07. The Morgan fingerprint density at radius 1 is 1.25 bits per heavy atom. The molecule has 0 radical (unpaired) electrons. The number of hydrogen-bond acceptors (Lipinski definition) is 4. The molecule has 0 N–H and O–H groups in total. The first kappa shape index (κ1) is 10.3. The molecule has 6 heteroatoms. The van der Waals surface area contributed by atoms with Crippen LogP contribution in [0.25, 0.3) is 0 Å². The van der Waals surface area contributed by atoms with Gasteiger partial charge in [-0.3, -0.25) is 0 Å². The van der Waals surface area contributed by atoms with Gasteiger partial charge in [-0.15, -0.1) is 0 Å². The van der Waals surface area contributed by atoms with Crippen molar-refractivity contribution >= 4 is 22.7 Å². The SMILES string of the molecule is CN1CCN(S(=O)(=O)CS)CC1. The minimum Gasteiger partial charge on any atom is -0.304 e. The fraction of sp³-hybridized carbons (Fsp3) is 1.00. The summed E-state index contributed by atoms with van der Waals surface area (Å²) in [6.07, 6.45) is 0. The largest absolute Gasteiger partial charge is 0.304 e. The molecule has 72 valence electrons. The molecule has 0 aromatic rings. The van der Waals surface area contributed by atoms with E-state index >= 15 is 0 Å². The van der Waals surface area contributed by atoms with Crippen LogP contribution in [0.5, 0.6) is 0 Å². The average Bonchev–Trinajstić information content (AvgIpc) is 2.05. The summed E-state index contributed by atoms with van der Waals surface area (Å²) in [5, 5.41) is -0.0866. The number of rotatable bonds is 2. The molecule has 0 saturated carbocycles. The summed E-state index contributed by atoms with van der Waals surface area (Å²) in [5.74, 6) is 0. The van der Waals surface area contributed by atoms with Gasteiger partial charge in [0.25, 0.3) is 0 Å². The molecule has 1 aliphatic rings. The van der Waals surface area contributed by atoms with Crippen molar-refractivity contribution in [1.82, 2.24) is 9.21 Å². The monoisotopic (exact) mass is 210 g/mol. The van der Waals surface area contributed by atoms with Crippen molar-refractivity contribution in [3.8, 4) is 0 Å². The fourth-order valence-electron chi connectivity index (χ4n) is 1.15. The number of sulfonamides is 1. The van der Waals surface area contributed by atoms with Gasteiger partial charge < -0.3 is 4.90 Å². The summed E-state index contributed by atoms with van der Waals surface area (Å²) in [4.78, 5) is 2.12. The normalized spacial score (nSPS) is 22.8. The van der Waals surface area contributed by atoms with Gasteiger partial charge in [0.15, 0.2) is 0 Å². The first-order chi connectivity index (χ1) is 5.56. The highest BCUT2D eigenvalue weighted by Gasteiger charge is 2.23. The summed E-state index contributed by atoms with van der Waals surface area (Å²) in [6, 6.07) is 0. The summed E-state index contributed by atoms with van der Waals surface area (Å²) >= 11 is 3.79. The van der Waals surface area contributed by atoms with Crippen LogP contribution in [0.1, 0.15) is 0 Å². The van der Waals surface area contributed by atoms with Crippen LogP contribution in [0, 0.1) is 0 Å². The van der Waals surface area contributed by atoms with Crippen molar-refractivity contribution in [3.05, 3.63) is 0 Å². The quantitative estimate of drug-likeness (QED) is 0.622. The molecule has 1 rings (SSSR count). The molecule has 12 heavy (non-hydrogen) atoms. The maximum Gasteiger partial charge on any atom is 0.223 e. The Labute approximate surface area is 79.0 Å². The Bertz CT molecular complexity index is 232. The predicted octanol–water partition coefficient (Wildman–Crippen LogP) is -0.549. The van der Waals surface area contributed by atoms with E-state index in [2.05, 4.69) is 17.5 Å². The zero-order chi connectivity index (χ0) is 9.19. The number of hydrogen-bond donors (Lipinski definition) is 1. The smallest absolute Gasteiger partial charge is 0.223 e. The van der Waals surface area contributed by atoms with Gasteiger partial charge in [0.1, 0.15) is 5.08 Å². The van der Waals surface area contributed by atoms with E-state index in [9.17, 15) is 8.42 Å². The highest BCUT2D eigenvalue weighted by Crippen LogP contribution is 2.07. The first-order valence-electron chi connectivity index (χ1n) is 3.83. The third kappa shape index (κ3) is 2.35. The Morgan fingerprint density at radius 3 is 2.17 bits per heavy atom. The molecule has 0 aromatic heterocycles. The van der Waals surface area contributed by atoms with Gasteiger partial charge in [-0.1, -0.05) is 0 Å². The number of nitrogens with zero attached hydrogens (tertiary/aromatic N) is 2. The molecule has 1 fully saturated rings. The second-order valence-corrected chi connectivity index (χ2v) is 5.66. The Kier molecular flexibility index (Phi) is 3.39. The van der Waals surface area contributed by atoms with Gasteiger partial charge in [0.05, 0.1) is 0 Å². The van der Waals surface area contributed by atoms with Crippen LogP contribution in [0.2, 0.25) is 0 Å². The predicted molar refractivity (Wildman–Crippen MR) is 51.8 cm³/mol. The lowest BCUT2D eigenvalue weighted by atomic mass is 10.4. The Balaban J connectivity index is 2.56. The van der Waals surface area contributed by atoms with E-state index in [4.69, 9.17) is 0 Å². The van der Waals surface area contributed by atoms with Crippen LogP contribution in [0.15, 0.2) is 0 Å². The lowest BCUT2D eigenvalue weighted by Gasteiger charge is -2.30. The van der Waals surface area contributed by atoms with Gasteiger partial charge in [-0.25, -0.2) is 8.42 Å². The minimum absolute atomic E-state index is 0.0866. The van der Waals surface area contributed by atoms with Gasteiger partial charge in [-0.05, 0) is 7.05 Å². The van der Waals surface area contributed by atoms with E-state index < -0.39 is 10.0 Å². The molecular weight excluding hydrogens is 196 g/mol. The van der Waals surface area contributed by atoms with Gasteiger partial charge in [0.2, 0.25) is 10.0 Å². The van der Waals surface area contributed by atoms with Gasteiger partial charge in [0, 0.05) is 26.2 Å². The summed E-state index contributed by atoms with van der Waals surface area (Å²) in [6.45, 7) is 2.82. The standard InChI is InChI=1S/C6H14N2O2S2/c1-7-2-4-8(5-3-7)12(9,10)6-11/h11H,2-6H2,1H3. The molecular formula is C6H14N2O2S2. The lowest BCUT2D eigenvalue weighted by molar-refractivity contribution is 0.223. The minimum atomic E-state index is -3.07. The molecule has 0 spiro atoms. The third-order valence-electron chi connectivity index (χ3n) is 2.02. The molecule has 4 nitrogen and oxygen atoms in total. The van der Waals surface area contributed by atoms with Crippen molar-refractivity contribution in [2.75, 3.05) is 38.3 Å². The second-order valence-electron chi connectivity index (χ2n) is 2.94. The molecule has 1 saturated heterocycles. The van der Waals surface area contributed by atoms with E-state index in [1.165, 1.54) is 4.31 Å². The average molecular weight is 210 g/mol. The third-order valence-corrected chi connectivity index (χ3v) is 4.48. The van der Waals surface area contributed by atoms with Crippen LogP contribution >= 0.6 is 12.6 Å². The zero-order valence-corrected chi connectivity index (χ0v) is 8.81. The van der Waals surface area contributed by atoms with E-state index in [0.29, 0.717) is 13.1 Å². The number of piperazine rings is 1. The summed E-state index contributed by atoms with van der Waals surface area (Å²) < 4.78 is 24.1. The highest BCUT2D eigenvalue weighted by molar-refractivity contribution is 8.02. The molecule has 0 bridgehead atoms. The van der Waals surface area contributed by atoms with Gasteiger partial charge >= 0.3 is 0 Å². The van der Waals surface area contributed by atoms with Crippen molar-refractivity contribution in [2.45, 2.75) is 0 Å². The van der Waals surface area contributed by atoms with E-state index in [1.807, 2.05) is 7.05 Å². The molecule has 0 aliphatic carbocycles. The van der Waals surface area contributed by atoms with Gasteiger partial charge in [-0.2, -0.15) is 16.9 Å². The zero-order valence-electron chi connectivity index (χ0n) is 7.10. The fourth-order valence-corrected chi connectivity index (χ4v) is 2.52. The van der Waals surface area contributed by atoms with E-state index in [-0.39, 0.29) is 5.08 Å². The molecule has 0 atom stereocenters. The van der Waals surface area contributed by atoms with Crippen LogP contribution in [0.3, 0.4) is 0 Å². The molecule has 1 aliphatic heterocycles. The maximum absolute atomic E-state index is 11.3. The Hall–Kier alpha value is 0.220. The van der Waals surface area contributed by atoms with E-state index in [1.54, 1.807) is 0 Å². The highest BCUT2D eigenvalue weighted by atomic mass is 32.3. The van der Waals surface area contributed by atoms with Crippen LogP contribution in [0.4, 0.5) is 0 Å². The number of thiol groups is 1.